The van der Waals surface area contributed by atoms with E-state index in [1.807, 2.05) is 19.9 Å². The number of carbonyl (C=O) groups excluding carboxylic acids is 3. The summed E-state index contributed by atoms with van der Waals surface area (Å²) in [5, 5.41) is 5.62. The lowest BCUT2D eigenvalue weighted by molar-refractivity contribution is -0.142. The molecule has 0 spiro atoms. The molecule has 2 N–H and O–H groups in total. The first-order chi connectivity index (χ1) is 15.2. The zero-order valence-electron chi connectivity index (χ0n) is 17.9. The van der Waals surface area contributed by atoms with Gasteiger partial charge in [0.1, 0.15) is 12.4 Å². The van der Waals surface area contributed by atoms with E-state index >= 15 is 0 Å². The number of carbonyl (C=O) groups is 3. The van der Waals surface area contributed by atoms with Crippen molar-refractivity contribution in [1.29, 1.82) is 0 Å². The highest BCUT2D eigenvalue weighted by atomic mass is 79.9. The van der Waals surface area contributed by atoms with Crippen LogP contribution in [0.4, 0.5) is 21.5 Å². The van der Waals surface area contributed by atoms with Crippen LogP contribution in [0.2, 0.25) is 0 Å². The fraction of sp³-hybridized carbons (Fsp3) is 0.261. The minimum absolute atomic E-state index is 0.0115. The highest BCUT2D eigenvalue weighted by molar-refractivity contribution is 9.10. The number of halogens is 2. The molecule has 7 nitrogen and oxygen atoms in total. The second kappa shape index (κ2) is 9.95. The van der Waals surface area contributed by atoms with E-state index in [1.165, 1.54) is 23.1 Å². The van der Waals surface area contributed by atoms with Crippen molar-refractivity contribution in [3.05, 3.63) is 63.5 Å². The summed E-state index contributed by atoms with van der Waals surface area (Å²) in [5.41, 5.74) is 3.34. The Kier molecular flexibility index (Phi) is 7.29. The van der Waals surface area contributed by atoms with Gasteiger partial charge in [-0.05, 0) is 62.2 Å². The number of hydrogen-bond donors (Lipinski definition) is 2. The smallest absolute Gasteiger partial charge is 0.311 e. The van der Waals surface area contributed by atoms with Crippen LogP contribution >= 0.6 is 15.9 Å². The molecule has 2 aromatic rings. The van der Waals surface area contributed by atoms with Crippen LogP contribution in [0, 0.1) is 19.7 Å². The Morgan fingerprint density at radius 3 is 2.59 bits per heavy atom. The molecular weight excluding hydrogens is 481 g/mol. The van der Waals surface area contributed by atoms with Gasteiger partial charge in [-0.2, -0.15) is 0 Å². The van der Waals surface area contributed by atoms with Gasteiger partial charge in [0.2, 0.25) is 5.91 Å². The van der Waals surface area contributed by atoms with E-state index in [0.29, 0.717) is 21.5 Å². The molecule has 0 radical (unpaired) electrons. The number of benzene rings is 2. The maximum atomic E-state index is 14.1. The minimum atomic E-state index is -0.597. The minimum Gasteiger partial charge on any atom is -0.466 e. The van der Waals surface area contributed by atoms with Crippen molar-refractivity contribution in [2.24, 2.45) is 0 Å². The number of hydrogen-bond acceptors (Lipinski definition) is 5. The average Bonchev–Trinajstić information content (AvgIpc) is 2.81. The molecule has 0 bridgehead atoms. The van der Waals surface area contributed by atoms with Crippen LogP contribution < -0.4 is 15.5 Å². The van der Waals surface area contributed by atoms with Crippen molar-refractivity contribution in [3.63, 3.8) is 0 Å². The molecule has 1 heterocycles. The fourth-order valence-electron chi connectivity index (χ4n) is 3.23. The number of esters is 1. The largest absolute Gasteiger partial charge is 0.466 e. The van der Waals surface area contributed by atoms with Gasteiger partial charge in [0, 0.05) is 16.2 Å². The Bertz CT molecular complexity index is 1120. The van der Waals surface area contributed by atoms with Crippen molar-refractivity contribution in [3.8, 4) is 0 Å². The van der Waals surface area contributed by atoms with Crippen molar-refractivity contribution in [2.75, 3.05) is 28.7 Å². The van der Waals surface area contributed by atoms with Gasteiger partial charge in [0.05, 0.1) is 30.1 Å². The van der Waals surface area contributed by atoms with Gasteiger partial charge in [-0.1, -0.05) is 15.9 Å². The molecule has 168 valence electrons. The van der Waals surface area contributed by atoms with E-state index in [0.717, 1.165) is 11.1 Å². The molecule has 3 rings (SSSR count). The number of anilines is 3. The number of nitrogens with zero attached hydrogens (tertiary/aromatic N) is 1. The highest BCUT2D eigenvalue weighted by Gasteiger charge is 2.26. The van der Waals surface area contributed by atoms with Crippen LogP contribution in [0.3, 0.4) is 0 Å². The molecule has 1 aliphatic rings. The Hall–Kier alpha value is -3.20. The second-order valence-corrected chi connectivity index (χ2v) is 8.24. The van der Waals surface area contributed by atoms with Crippen molar-refractivity contribution in [2.45, 2.75) is 27.2 Å². The Morgan fingerprint density at radius 1 is 1.19 bits per heavy atom. The van der Waals surface area contributed by atoms with E-state index < -0.39 is 23.6 Å². The molecule has 0 saturated carbocycles. The molecule has 0 aromatic heterocycles. The summed E-state index contributed by atoms with van der Waals surface area (Å²) in [7, 11) is 0. The lowest BCUT2D eigenvalue weighted by Gasteiger charge is -2.23. The summed E-state index contributed by atoms with van der Waals surface area (Å²) in [6.07, 6.45) is 1.16. The van der Waals surface area contributed by atoms with Crippen molar-refractivity contribution >= 4 is 50.8 Å². The number of fused-ring (bicyclic) bond motifs is 1. The van der Waals surface area contributed by atoms with Crippen LogP contribution in [0.1, 0.15) is 24.5 Å². The molecule has 0 saturated heterocycles. The molecule has 32 heavy (non-hydrogen) atoms. The van der Waals surface area contributed by atoms with Crippen LogP contribution in [-0.4, -0.2) is 30.9 Å². The molecule has 0 fully saturated rings. The first-order valence-corrected chi connectivity index (χ1v) is 10.8. The molecule has 2 amide bonds. The summed E-state index contributed by atoms with van der Waals surface area (Å²) in [4.78, 5) is 38.9. The van der Waals surface area contributed by atoms with Gasteiger partial charge in [-0.15, -0.1) is 0 Å². The van der Waals surface area contributed by atoms with E-state index in [9.17, 15) is 18.8 Å². The molecule has 1 aliphatic heterocycles. The predicted molar refractivity (Wildman–Crippen MR) is 124 cm³/mol. The molecule has 0 atom stereocenters. The van der Waals surface area contributed by atoms with Gasteiger partial charge in [-0.3, -0.25) is 19.3 Å². The zero-order chi connectivity index (χ0) is 23.4. The third-order valence-electron chi connectivity index (χ3n) is 4.91. The van der Waals surface area contributed by atoms with Gasteiger partial charge in [0.15, 0.2) is 0 Å². The standard InChI is InChI=1S/C23H23BrFN3O4/c1-4-32-23(31)11-16-10-22(30)28(20-8-14(3)13(2)7-19(20)26-16)12-21(29)27-18-6-5-15(24)9-17(18)25/h5-10,26H,4,11-12H2,1-3H3,(H,27,29). The summed E-state index contributed by atoms with van der Waals surface area (Å²) >= 11 is 3.17. The number of ether oxygens (including phenoxy) is 1. The maximum absolute atomic E-state index is 14.1. The topological polar surface area (TPSA) is 87.7 Å². The third-order valence-corrected chi connectivity index (χ3v) is 5.40. The summed E-state index contributed by atoms with van der Waals surface area (Å²) in [6.45, 7) is 5.41. The summed E-state index contributed by atoms with van der Waals surface area (Å²) < 4.78 is 19.6. The van der Waals surface area contributed by atoms with Crippen LogP contribution in [0.5, 0.6) is 0 Å². The van der Waals surface area contributed by atoms with Crippen LogP contribution in [0.25, 0.3) is 0 Å². The first kappa shape index (κ1) is 23.5. The third kappa shape index (κ3) is 5.53. The zero-order valence-corrected chi connectivity index (χ0v) is 19.5. The normalized spacial score (nSPS) is 13.0. The van der Waals surface area contributed by atoms with E-state index in [1.54, 1.807) is 19.1 Å². The molecule has 0 unspecified atom stereocenters. The Labute approximate surface area is 193 Å². The Balaban J connectivity index is 1.90. The average molecular weight is 504 g/mol. The highest BCUT2D eigenvalue weighted by Crippen LogP contribution is 2.33. The van der Waals surface area contributed by atoms with Gasteiger partial charge in [0.25, 0.3) is 5.91 Å². The maximum Gasteiger partial charge on any atom is 0.311 e. The van der Waals surface area contributed by atoms with Gasteiger partial charge < -0.3 is 15.4 Å². The van der Waals surface area contributed by atoms with Crippen molar-refractivity contribution < 1.29 is 23.5 Å². The van der Waals surface area contributed by atoms with Gasteiger partial charge in [-0.25, -0.2) is 4.39 Å². The SMILES string of the molecule is CCOC(=O)CC1=CC(=O)N(CC(=O)Nc2ccc(Br)cc2F)c2cc(C)c(C)cc2N1. The number of amides is 2. The molecule has 2 aromatic carbocycles. The predicted octanol–water partition coefficient (Wildman–Crippen LogP) is 4.44. The van der Waals surface area contributed by atoms with Gasteiger partial charge >= 0.3 is 5.97 Å². The molecule has 0 aliphatic carbocycles. The molecular formula is C23H23BrFN3O4. The summed E-state index contributed by atoms with van der Waals surface area (Å²) in [6, 6.07) is 7.92. The summed E-state index contributed by atoms with van der Waals surface area (Å²) in [5.74, 6) is -2.11. The van der Waals surface area contributed by atoms with Crippen LogP contribution in [0.15, 0.2) is 46.6 Å². The lowest BCUT2D eigenvalue weighted by Crippen LogP contribution is -2.37. The fourth-order valence-corrected chi connectivity index (χ4v) is 3.56. The first-order valence-electron chi connectivity index (χ1n) is 9.98. The monoisotopic (exact) mass is 503 g/mol. The quantitative estimate of drug-likeness (QED) is 0.569. The van der Waals surface area contributed by atoms with E-state index in [4.69, 9.17) is 4.74 Å². The number of aryl methyl sites for hydroxylation is 2. The number of rotatable bonds is 6. The van der Waals surface area contributed by atoms with Crippen LogP contribution in [-0.2, 0) is 19.1 Å². The Morgan fingerprint density at radius 2 is 1.91 bits per heavy atom. The number of nitrogens with one attached hydrogen (secondary N) is 2. The van der Waals surface area contributed by atoms with E-state index in [2.05, 4.69) is 26.6 Å². The second-order valence-electron chi connectivity index (χ2n) is 7.33. The van der Waals surface area contributed by atoms with E-state index in [-0.39, 0.29) is 25.3 Å². The van der Waals surface area contributed by atoms with Crippen molar-refractivity contribution in [1.82, 2.24) is 0 Å². The lowest BCUT2D eigenvalue weighted by atomic mass is 10.1. The molecule has 9 heteroatoms.